The van der Waals surface area contributed by atoms with Gasteiger partial charge in [0.25, 0.3) is 0 Å². The first-order chi connectivity index (χ1) is 15.8. The van der Waals surface area contributed by atoms with Crippen molar-refractivity contribution >= 4 is 23.6 Å². The van der Waals surface area contributed by atoms with Crippen LogP contribution in [0, 0.1) is 11.3 Å². The van der Waals surface area contributed by atoms with Crippen LogP contribution in [0.3, 0.4) is 0 Å². The number of nitrogen functional groups attached to an aromatic ring is 1. The lowest BCUT2D eigenvalue weighted by Crippen LogP contribution is -2.44. The van der Waals surface area contributed by atoms with Crippen LogP contribution < -0.4 is 15.8 Å². The number of benzene rings is 2. The van der Waals surface area contributed by atoms with Gasteiger partial charge in [-0.15, -0.1) is 0 Å². The molecule has 2 aromatic rings. The highest BCUT2D eigenvalue weighted by molar-refractivity contribution is 5.95. The Bertz CT molecular complexity index is 1020. The summed E-state index contributed by atoms with van der Waals surface area (Å²) in [6.45, 7) is 2.28. The Kier molecular flexibility index (Phi) is 7.66. The van der Waals surface area contributed by atoms with Gasteiger partial charge in [0.05, 0.1) is 24.9 Å². The Labute approximate surface area is 192 Å². The molecule has 0 aromatic heterocycles. The zero-order chi connectivity index (χ0) is 24.0. The van der Waals surface area contributed by atoms with Gasteiger partial charge in [-0.1, -0.05) is 36.4 Å². The highest BCUT2D eigenvalue weighted by Gasteiger charge is 2.41. The lowest BCUT2D eigenvalue weighted by molar-refractivity contribution is -0.143. The maximum atomic E-state index is 12.7. The van der Waals surface area contributed by atoms with Crippen LogP contribution in [0.15, 0.2) is 48.5 Å². The van der Waals surface area contributed by atoms with Gasteiger partial charge in [0.1, 0.15) is 18.2 Å². The van der Waals surface area contributed by atoms with Crippen molar-refractivity contribution in [3.05, 3.63) is 54.1 Å². The first kappa shape index (κ1) is 23.8. The summed E-state index contributed by atoms with van der Waals surface area (Å²) in [7, 11) is 0. The van der Waals surface area contributed by atoms with Crippen LogP contribution in [0.5, 0.6) is 5.75 Å². The third-order valence-electron chi connectivity index (χ3n) is 5.56. The number of amides is 2. The maximum absolute atomic E-state index is 12.7. The molecular formula is C24H28N4O5. The van der Waals surface area contributed by atoms with Gasteiger partial charge in [-0.25, -0.2) is 0 Å². The smallest absolute Gasteiger partial charge is 0.304 e. The number of nitrogens with zero attached hydrogens (tertiary/aromatic N) is 1. The molecule has 9 nitrogen and oxygen atoms in total. The maximum Gasteiger partial charge on any atom is 0.304 e. The molecule has 0 bridgehead atoms. The Morgan fingerprint density at radius 1 is 1.15 bits per heavy atom. The summed E-state index contributed by atoms with van der Waals surface area (Å²) in [6, 6.07) is 14.4. The molecule has 1 heterocycles. The summed E-state index contributed by atoms with van der Waals surface area (Å²) >= 11 is 0. The highest BCUT2D eigenvalue weighted by atomic mass is 16.5. The van der Waals surface area contributed by atoms with Gasteiger partial charge in [-0.05, 0) is 36.6 Å². The predicted octanol–water partition coefficient (Wildman–Crippen LogP) is 1.84. The number of carboxylic acid groups (broad SMARTS) is 1. The minimum Gasteiger partial charge on any atom is -0.491 e. The third-order valence-corrected chi connectivity index (χ3v) is 5.56. The minimum atomic E-state index is -1.04. The number of likely N-dealkylation sites (N-methyl/N-ethyl adjacent to an activating group) is 1. The first-order valence-corrected chi connectivity index (χ1v) is 10.7. The number of ether oxygens (including phenoxy) is 1. The molecule has 2 amide bonds. The molecule has 0 radical (unpaired) electrons. The average molecular weight is 453 g/mol. The molecule has 0 saturated carbocycles. The second-order valence-electron chi connectivity index (χ2n) is 7.93. The zero-order valence-corrected chi connectivity index (χ0v) is 18.4. The lowest BCUT2D eigenvalue weighted by atomic mass is 10.0. The minimum absolute atomic E-state index is 0.0162. The molecule has 9 heteroatoms. The monoisotopic (exact) mass is 452 g/mol. The van der Waals surface area contributed by atoms with E-state index in [1.807, 2.05) is 36.4 Å². The number of hydrogen-bond acceptors (Lipinski definition) is 5. The van der Waals surface area contributed by atoms with Crippen molar-refractivity contribution in [1.82, 2.24) is 10.2 Å². The van der Waals surface area contributed by atoms with Crippen molar-refractivity contribution < 1.29 is 24.2 Å². The second kappa shape index (κ2) is 10.6. The second-order valence-corrected chi connectivity index (χ2v) is 7.93. The fourth-order valence-electron chi connectivity index (χ4n) is 3.90. The van der Waals surface area contributed by atoms with Crippen molar-refractivity contribution in [1.29, 1.82) is 5.41 Å². The van der Waals surface area contributed by atoms with Crippen molar-refractivity contribution in [2.45, 2.75) is 25.8 Å². The van der Waals surface area contributed by atoms with E-state index in [9.17, 15) is 14.4 Å². The first-order valence-electron chi connectivity index (χ1n) is 10.7. The third kappa shape index (κ3) is 6.09. The highest BCUT2D eigenvalue weighted by Crippen LogP contribution is 2.29. The largest absolute Gasteiger partial charge is 0.491 e. The molecule has 33 heavy (non-hydrogen) atoms. The Morgan fingerprint density at radius 2 is 1.76 bits per heavy atom. The van der Waals surface area contributed by atoms with Crippen molar-refractivity contribution in [3.8, 4) is 16.9 Å². The number of likely N-dealkylation sites (tertiary alicyclic amines) is 1. The molecule has 1 fully saturated rings. The zero-order valence-electron chi connectivity index (χ0n) is 18.4. The number of carboxylic acids is 1. The number of aliphatic carboxylic acids is 1. The molecule has 1 saturated heterocycles. The molecule has 1 aliphatic heterocycles. The Balaban J connectivity index is 1.65. The van der Waals surface area contributed by atoms with E-state index in [0.29, 0.717) is 24.3 Å². The molecule has 2 unspecified atom stereocenters. The van der Waals surface area contributed by atoms with Crippen LogP contribution >= 0.6 is 0 Å². The standard InChI is InChI=1S/C24H28N4O5/c1-2-27-21(29)13-28-19(11-18(24(28)32)12-22(30)31)14-33-20-9-7-16(8-10-20)15-3-5-17(6-4-15)23(25)26/h3-10,18-19H,2,11-14H2,1H3,(H3,25,26)(H,27,29)(H,30,31). The van der Waals surface area contributed by atoms with Crippen LogP contribution in [-0.2, 0) is 14.4 Å². The molecule has 174 valence electrons. The van der Waals surface area contributed by atoms with Crippen molar-refractivity contribution in [3.63, 3.8) is 0 Å². The molecule has 0 spiro atoms. The number of hydrogen-bond donors (Lipinski definition) is 4. The normalized spacial score (nSPS) is 17.6. The van der Waals surface area contributed by atoms with E-state index in [1.165, 1.54) is 4.90 Å². The molecule has 0 aliphatic carbocycles. The number of carbonyl (C=O) groups excluding carboxylic acids is 2. The molecule has 1 aliphatic rings. The van der Waals surface area contributed by atoms with Crippen LogP contribution in [-0.4, -0.2) is 59.4 Å². The van der Waals surface area contributed by atoms with Gasteiger partial charge in [-0.2, -0.15) is 0 Å². The van der Waals surface area contributed by atoms with Gasteiger partial charge in [0.2, 0.25) is 11.8 Å². The van der Waals surface area contributed by atoms with E-state index >= 15 is 0 Å². The Hall–Kier alpha value is -3.88. The van der Waals surface area contributed by atoms with E-state index in [2.05, 4.69) is 5.32 Å². The number of carbonyl (C=O) groups is 3. The molecule has 2 atom stereocenters. The summed E-state index contributed by atoms with van der Waals surface area (Å²) in [5, 5.41) is 19.2. The lowest BCUT2D eigenvalue weighted by Gasteiger charge is -2.24. The average Bonchev–Trinajstić information content (AvgIpc) is 3.06. The SMILES string of the molecule is CCNC(=O)CN1C(=O)C(CC(=O)O)CC1COc1ccc(-c2ccc(C(=N)N)cc2)cc1. The van der Waals surface area contributed by atoms with Crippen molar-refractivity contribution in [2.24, 2.45) is 11.7 Å². The summed E-state index contributed by atoms with van der Waals surface area (Å²) in [4.78, 5) is 37.3. The number of amidine groups is 1. The Morgan fingerprint density at radius 3 is 2.30 bits per heavy atom. The van der Waals surface area contributed by atoms with Gasteiger partial charge < -0.3 is 25.8 Å². The summed E-state index contributed by atoms with van der Waals surface area (Å²) < 4.78 is 5.89. The van der Waals surface area contributed by atoms with Gasteiger partial charge in [0.15, 0.2) is 0 Å². The topological polar surface area (TPSA) is 146 Å². The van der Waals surface area contributed by atoms with Gasteiger partial charge >= 0.3 is 5.97 Å². The van der Waals surface area contributed by atoms with E-state index in [0.717, 1.165) is 11.1 Å². The van der Waals surface area contributed by atoms with Gasteiger partial charge in [0, 0.05) is 12.1 Å². The molecular weight excluding hydrogens is 424 g/mol. The molecule has 2 aromatic carbocycles. The van der Waals surface area contributed by atoms with Crippen LogP contribution in [0.2, 0.25) is 0 Å². The van der Waals surface area contributed by atoms with E-state index in [-0.39, 0.29) is 43.3 Å². The van der Waals surface area contributed by atoms with Crippen LogP contribution in [0.25, 0.3) is 11.1 Å². The van der Waals surface area contributed by atoms with E-state index in [1.54, 1.807) is 19.1 Å². The van der Waals surface area contributed by atoms with Crippen LogP contribution in [0.4, 0.5) is 0 Å². The van der Waals surface area contributed by atoms with E-state index in [4.69, 9.17) is 21.0 Å². The summed E-state index contributed by atoms with van der Waals surface area (Å²) in [5.41, 5.74) is 8.08. The number of rotatable bonds is 10. The quantitative estimate of drug-likeness (QED) is 0.320. The fourth-order valence-corrected chi connectivity index (χ4v) is 3.90. The predicted molar refractivity (Wildman–Crippen MR) is 123 cm³/mol. The molecule has 5 N–H and O–H groups in total. The van der Waals surface area contributed by atoms with Gasteiger partial charge in [-0.3, -0.25) is 19.8 Å². The fraction of sp³-hybridized carbons (Fsp3) is 0.333. The van der Waals surface area contributed by atoms with E-state index < -0.39 is 11.9 Å². The summed E-state index contributed by atoms with van der Waals surface area (Å²) in [6.07, 6.45) is 0.0590. The number of nitrogens with one attached hydrogen (secondary N) is 2. The number of nitrogens with two attached hydrogens (primary N) is 1. The summed E-state index contributed by atoms with van der Waals surface area (Å²) in [5.74, 6) is -1.70. The molecule has 3 rings (SSSR count). The van der Waals surface area contributed by atoms with Crippen molar-refractivity contribution in [2.75, 3.05) is 19.7 Å². The van der Waals surface area contributed by atoms with Crippen LogP contribution in [0.1, 0.15) is 25.3 Å².